The van der Waals surface area contributed by atoms with Gasteiger partial charge in [0, 0.05) is 38.4 Å². The minimum atomic E-state index is 0.738. The van der Waals surface area contributed by atoms with Gasteiger partial charge in [0.25, 0.3) is 0 Å². The quantitative estimate of drug-likeness (QED) is 0.850. The summed E-state index contributed by atoms with van der Waals surface area (Å²) in [6.45, 7) is 7.93. The molecule has 4 heteroatoms. The van der Waals surface area contributed by atoms with Crippen molar-refractivity contribution in [1.29, 1.82) is 0 Å². The van der Waals surface area contributed by atoms with Crippen LogP contribution in [0.5, 0.6) is 0 Å². The summed E-state index contributed by atoms with van der Waals surface area (Å²) in [7, 11) is 0. The number of aryl methyl sites for hydroxylation is 1. The van der Waals surface area contributed by atoms with Crippen LogP contribution in [0.3, 0.4) is 0 Å². The first kappa shape index (κ1) is 11.2. The van der Waals surface area contributed by atoms with Crippen LogP contribution in [0.4, 0.5) is 0 Å². The number of fused-ring (bicyclic) bond motifs is 1. The third kappa shape index (κ3) is 2.24. The number of hydrogen-bond donors (Lipinski definition) is 1. The van der Waals surface area contributed by atoms with Crippen molar-refractivity contribution in [1.82, 2.24) is 19.8 Å². The highest BCUT2D eigenvalue weighted by molar-refractivity contribution is 5.01. The summed E-state index contributed by atoms with van der Waals surface area (Å²) in [6, 6.07) is 0.738. The summed E-state index contributed by atoms with van der Waals surface area (Å²) in [4.78, 5) is 6.83. The standard InChI is InChI=1S/C13H22N4/c1-2-17-10-14-6-12(17)8-16-7-11-4-3-5-15-13(11)9-16/h6,10-11,13,15H,2-5,7-9H2,1H3. The van der Waals surface area contributed by atoms with Crippen LogP contribution >= 0.6 is 0 Å². The molecule has 1 aromatic heterocycles. The zero-order valence-corrected chi connectivity index (χ0v) is 10.6. The fraction of sp³-hybridized carbons (Fsp3) is 0.769. The first-order chi connectivity index (χ1) is 8.36. The Bertz CT molecular complexity index is 359. The molecule has 2 aliphatic heterocycles. The first-order valence-electron chi connectivity index (χ1n) is 6.81. The Labute approximate surface area is 103 Å². The number of likely N-dealkylation sites (tertiary alicyclic amines) is 1. The maximum atomic E-state index is 4.25. The second kappa shape index (κ2) is 4.78. The molecule has 3 heterocycles. The van der Waals surface area contributed by atoms with Gasteiger partial charge in [0.1, 0.15) is 0 Å². The predicted octanol–water partition coefficient (Wildman–Crippen LogP) is 1.09. The second-order valence-electron chi connectivity index (χ2n) is 5.33. The highest BCUT2D eigenvalue weighted by Gasteiger charge is 2.34. The number of rotatable bonds is 3. The van der Waals surface area contributed by atoms with Crippen LogP contribution in [0, 0.1) is 5.92 Å². The molecule has 0 radical (unpaired) electrons. The lowest BCUT2D eigenvalue weighted by Crippen LogP contribution is -2.40. The normalized spacial score (nSPS) is 29.5. The molecule has 2 fully saturated rings. The van der Waals surface area contributed by atoms with Crippen molar-refractivity contribution in [2.75, 3.05) is 19.6 Å². The van der Waals surface area contributed by atoms with Crippen LogP contribution < -0.4 is 5.32 Å². The van der Waals surface area contributed by atoms with Crippen molar-refractivity contribution < 1.29 is 0 Å². The van der Waals surface area contributed by atoms with E-state index in [1.807, 2.05) is 12.5 Å². The van der Waals surface area contributed by atoms with Gasteiger partial charge in [-0.25, -0.2) is 4.98 Å². The van der Waals surface area contributed by atoms with Gasteiger partial charge in [-0.2, -0.15) is 0 Å². The van der Waals surface area contributed by atoms with Gasteiger partial charge in [-0.15, -0.1) is 0 Å². The molecule has 94 valence electrons. The molecule has 4 nitrogen and oxygen atoms in total. The maximum absolute atomic E-state index is 4.25. The average Bonchev–Trinajstić information content (AvgIpc) is 2.94. The SMILES string of the molecule is CCn1cncc1CN1CC2CCCNC2C1. The van der Waals surface area contributed by atoms with E-state index in [-0.39, 0.29) is 0 Å². The second-order valence-corrected chi connectivity index (χ2v) is 5.33. The summed E-state index contributed by atoms with van der Waals surface area (Å²) in [5.74, 6) is 0.877. The molecule has 17 heavy (non-hydrogen) atoms. The van der Waals surface area contributed by atoms with Gasteiger partial charge >= 0.3 is 0 Å². The maximum Gasteiger partial charge on any atom is 0.0948 e. The highest BCUT2D eigenvalue weighted by Crippen LogP contribution is 2.25. The molecule has 0 aromatic carbocycles. The van der Waals surface area contributed by atoms with Gasteiger partial charge in [0.15, 0.2) is 0 Å². The number of aromatic nitrogens is 2. The van der Waals surface area contributed by atoms with Gasteiger partial charge in [0.05, 0.1) is 12.0 Å². The van der Waals surface area contributed by atoms with E-state index >= 15 is 0 Å². The Morgan fingerprint density at radius 3 is 3.24 bits per heavy atom. The van der Waals surface area contributed by atoms with Crippen LogP contribution in [0.25, 0.3) is 0 Å². The third-order valence-electron chi connectivity index (χ3n) is 4.20. The predicted molar refractivity (Wildman–Crippen MR) is 67.7 cm³/mol. The molecule has 1 N–H and O–H groups in total. The van der Waals surface area contributed by atoms with E-state index in [0.717, 1.165) is 25.0 Å². The monoisotopic (exact) mass is 234 g/mol. The summed E-state index contributed by atoms with van der Waals surface area (Å²) < 4.78 is 2.25. The van der Waals surface area contributed by atoms with Gasteiger partial charge in [-0.3, -0.25) is 4.90 Å². The number of nitrogens with one attached hydrogen (secondary N) is 1. The van der Waals surface area contributed by atoms with Crippen LogP contribution in [-0.2, 0) is 13.1 Å². The van der Waals surface area contributed by atoms with Crippen LogP contribution in [0.1, 0.15) is 25.5 Å². The Morgan fingerprint density at radius 2 is 2.41 bits per heavy atom. The summed E-state index contributed by atoms with van der Waals surface area (Å²) >= 11 is 0. The molecule has 1 aromatic rings. The summed E-state index contributed by atoms with van der Waals surface area (Å²) in [5, 5.41) is 3.66. The number of hydrogen-bond acceptors (Lipinski definition) is 3. The number of imidazole rings is 1. The lowest BCUT2D eigenvalue weighted by atomic mass is 9.94. The molecule has 0 saturated carbocycles. The first-order valence-corrected chi connectivity index (χ1v) is 6.81. The van der Waals surface area contributed by atoms with Crippen molar-refractivity contribution in [3.63, 3.8) is 0 Å². The Morgan fingerprint density at radius 1 is 1.47 bits per heavy atom. The molecule has 3 rings (SSSR count). The molecule has 2 unspecified atom stereocenters. The molecular weight excluding hydrogens is 212 g/mol. The van der Waals surface area contributed by atoms with E-state index in [9.17, 15) is 0 Å². The fourth-order valence-electron chi connectivity index (χ4n) is 3.26. The lowest BCUT2D eigenvalue weighted by Gasteiger charge is -2.24. The average molecular weight is 234 g/mol. The minimum Gasteiger partial charge on any atom is -0.334 e. The lowest BCUT2D eigenvalue weighted by molar-refractivity contribution is 0.305. The zero-order valence-electron chi connectivity index (χ0n) is 10.6. The van der Waals surface area contributed by atoms with Crippen LogP contribution in [0.15, 0.2) is 12.5 Å². The largest absolute Gasteiger partial charge is 0.334 e. The van der Waals surface area contributed by atoms with E-state index in [4.69, 9.17) is 0 Å². The van der Waals surface area contributed by atoms with Crippen molar-refractivity contribution in [2.45, 2.75) is 38.9 Å². The van der Waals surface area contributed by atoms with Gasteiger partial charge in [-0.05, 0) is 32.2 Å². The van der Waals surface area contributed by atoms with Crippen LogP contribution in [0.2, 0.25) is 0 Å². The molecular formula is C13H22N4. The number of nitrogens with zero attached hydrogens (tertiary/aromatic N) is 3. The summed E-state index contributed by atoms with van der Waals surface area (Å²) in [6.07, 6.45) is 6.71. The smallest absolute Gasteiger partial charge is 0.0948 e. The van der Waals surface area contributed by atoms with E-state index in [1.165, 1.54) is 38.2 Å². The minimum absolute atomic E-state index is 0.738. The van der Waals surface area contributed by atoms with Crippen molar-refractivity contribution in [3.8, 4) is 0 Å². The van der Waals surface area contributed by atoms with Crippen molar-refractivity contribution >= 4 is 0 Å². The molecule has 2 saturated heterocycles. The highest BCUT2D eigenvalue weighted by atomic mass is 15.2. The van der Waals surface area contributed by atoms with Gasteiger partial charge < -0.3 is 9.88 Å². The molecule has 2 aliphatic rings. The third-order valence-corrected chi connectivity index (χ3v) is 4.20. The molecule has 0 amide bonds. The Balaban J connectivity index is 1.63. The van der Waals surface area contributed by atoms with Crippen molar-refractivity contribution in [2.24, 2.45) is 5.92 Å². The van der Waals surface area contributed by atoms with Gasteiger partial charge in [0.2, 0.25) is 0 Å². The topological polar surface area (TPSA) is 33.1 Å². The zero-order chi connectivity index (χ0) is 11.7. The molecule has 2 atom stereocenters. The van der Waals surface area contributed by atoms with E-state index in [2.05, 4.69) is 26.7 Å². The number of piperidine rings is 1. The van der Waals surface area contributed by atoms with Crippen molar-refractivity contribution in [3.05, 3.63) is 18.2 Å². The summed E-state index contributed by atoms with van der Waals surface area (Å²) in [5.41, 5.74) is 1.35. The Kier molecular flexibility index (Phi) is 3.16. The van der Waals surface area contributed by atoms with E-state index < -0.39 is 0 Å². The molecule has 0 spiro atoms. The van der Waals surface area contributed by atoms with E-state index in [0.29, 0.717) is 0 Å². The molecule has 0 aliphatic carbocycles. The molecule has 0 bridgehead atoms. The van der Waals surface area contributed by atoms with Crippen LogP contribution in [-0.4, -0.2) is 40.1 Å². The Hall–Kier alpha value is -0.870. The van der Waals surface area contributed by atoms with E-state index in [1.54, 1.807) is 0 Å². The van der Waals surface area contributed by atoms with Gasteiger partial charge in [-0.1, -0.05) is 0 Å². The fourth-order valence-corrected chi connectivity index (χ4v) is 3.26.